The Morgan fingerprint density at radius 2 is 2.05 bits per heavy atom. The molecule has 1 aromatic heterocycles. The summed E-state index contributed by atoms with van der Waals surface area (Å²) in [6.45, 7) is 4.08. The van der Waals surface area contributed by atoms with Crippen LogP contribution in [0.2, 0.25) is 0 Å². The Morgan fingerprint density at radius 3 is 2.60 bits per heavy atom. The number of anilines is 1. The number of amides is 1. The maximum absolute atomic E-state index is 11.9. The second-order valence-electron chi connectivity index (χ2n) is 5.12. The van der Waals surface area contributed by atoms with E-state index < -0.39 is 6.04 Å². The summed E-state index contributed by atoms with van der Waals surface area (Å²) in [7, 11) is 0. The van der Waals surface area contributed by atoms with E-state index in [2.05, 4.69) is 15.6 Å². The van der Waals surface area contributed by atoms with Crippen molar-refractivity contribution in [3.8, 4) is 5.69 Å². The summed E-state index contributed by atoms with van der Waals surface area (Å²) < 4.78 is 1.65. The first-order valence-electron chi connectivity index (χ1n) is 6.59. The van der Waals surface area contributed by atoms with Gasteiger partial charge in [0, 0.05) is 5.69 Å². The molecule has 1 heterocycles. The fourth-order valence-corrected chi connectivity index (χ4v) is 1.89. The van der Waals surface area contributed by atoms with Crippen LogP contribution in [0.1, 0.15) is 20.3 Å². The number of hydrogen-bond acceptors (Lipinski definition) is 4. The first-order chi connectivity index (χ1) is 9.56. The van der Waals surface area contributed by atoms with Gasteiger partial charge in [0.25, 0.3) is 0 Å². The van der Waals surface area contributed by atoms with E-state index in [4.69, 9.17) is 5.73 Å². The monoisotopic (exact) mass is 273 g/mol. The number of hydrogen-bond donors (Lipinski definition) is 2. The molecule has 2 aromatic rings. The van der Waals surface area contributed by atoms with Gasteiger partial charge in [-0.1, -0.05) is 19.1 Å². The highest BCUT2D eigenvalue weighted by Gasteiger charge is 2.14. The molecule has 0 fully saturated rings. The third-order valence-corrected chi connectivity index (χ3v) is 2.88. The minimum Gasteiger partial charge on any atom is -0.325 e. The molecule has 1 amide bonds. The first kappa shape index (κ1) is 14.2. The van der Waals surface area contributed by atoms with Gasteiger partial charge in [0.1, 0.15) is 0 Å². The molecule has 106 valence electrons. The molecule has 0 aliphatic heterocycles. The minimum absolute atomic E-state index is 0.160. The van der Waals surface area contributed by atoms with E-state index in [-0.39, 0.29) is 5.91 Å². The molecule has 0 aliphatic rings. The van der Waals surface area contributed by atoms with E-state index in [1.807, 2.05) is 38.1 Å². The molecule has 6 heteroatoms. The van der Waals surface area contributed by atoms with Gasteiger partial charge in [0.2, 0.25) is 5.91 Å². The molecule has 1 aromatic carbocycles. The number of aromatic nitrogens is 3. The zero-order valence-corrected chi connectivity index (χ0v) is 11.7. The fraction of sp³-hybridized carbons (Fsp3) is 0.357. The van der Waals surface area contributed by atoms with Crippen molar-refractivity contribution >= 4 is 11.6 Å². The molecule has 0 bridgehead atoms. The molecule has 0 spiro atoms. The summed E-state index contributed by atoms with van der Waals surface area (Å²) in [4.78, 5) is 11.9. The highest BCUT2D eigenvalue weighted by atomic mass is 16.2. The van der Waals surface area contributed by atoms with Crippen molar-refractivity contribution in [3.63, 3.8) is 0 Å². The lowest BCUT2D eigenvalue weighted by Crippen LogP contribution is -2.36. The van der Waals surface area contributed by atoms with Crippen LogP contribution >= 0.6 is 0 Å². The van der Waals surface area contributed by atoms with Crippen LogP contribution in [0.5, 0.6) is 0 Å². The van der Waals surface area contributed by atoms with E-state index in [1.165, 1.54) is 0 Å². The number of nitrogens with one attached hydrogen (secondary N) is 1. The van der Waals surface area contributed by atoms with E-state index >= 15 is 0 Å². The Hall–Kier alpha value is -2.21. The number of nitrogens with two attached hydrogens (primary N) is 1. The second kappa shape index (κ2) is 6.29. The van der Waals surface area contributed by atoms with Crippen molar-refractivity contribution in [3.05, 3.63) is 36.7 Å². The van der Waals surface area contributed by atoms with Gasteiger partial charge in [-0.3, -0.25) is 4.79 Å². The Morgan fingerprint density at radius 1 is 1.35 bits per heavy atom. The molecule has 0 aliphatic carbocycles. The van der Waals surface area contributed by atoms with Crippen molar-refractivity contribution in [2.45, 2.75) is 26.3 Å². The van der Waals surface area contributed by atoms with Crippen LogP contribution in [0.4, 0.5) is 5.69 Å². The number of benzene rings is 1. The predicted octanol–water partition coefficient (Wildman–Crippen LogP) is 1.58. The molecule has 2 rings (SSSR count). The highest BCUT2D eigenvalue weighted by molar-refractivity contribution is 5.94. The summed E-state index contributed by atoms with van der Waals surface area (Å²) in [5, 5.41) is 10.5. The summed E-state index contributed by atoms with van der Waals surface area (Å²) in [6, 6.07) is 6.87. The third kappa shape index (κ3) is 3.64. The van der Waals surface area contributed by atoms with Crippen LogP contribution in [0, 0.1) is 5.92 Å². The average molecular weight is 273 g/mol. The van der Waals surface area contributed by atoms with Crippen LogP contribution in [0.25, 0.3) is 5.69 Å². The van der Waals surface area contributed by atoms with Crippen LogP contribution in [0.15, 0.2) is 36.7 Å². The predicted molar refractivity (Wildman–Crippen MR) is 77.4 cm³/mol. The summed E-state index contributed by atoms with van der Waals surface area (Å²) in [5.41, 5.74) is 7.44. The first-order valence-corrected chi connectivity index (χ1v) is 6.59. The normalized spacial score (nSPS) is 12.4. The van der Waals surface area contributed by atoms with Gasteiger partial charge in [0.15, 0.2) is 0 Å². The van der Waals surface area contributed by atoms with Crippen molar-refractivity contribution in [2.75, 3.05) is 5.32 Å². The van der Waals surface area contributed by atoms with Gasteiger partial charge in [-0.05, 0) is 36.6 Å². The lowest BCUT2D eigenvalue weighted by Gasteiger charge is -2.14. The van der Waals surface area contributed by atoms with Crippen LogP contribution in [-0.4, -0.2) is 26.9 Å². The third-order valence-electron chi connectivity index (χ3n) is 2.88. The molecule has 0 unspecified atom stereocenters. The maximum atomic E-state index is 11.9. The molecular formula is C14H19N5O. The van der Waals surface area contributed by atoms with E-state index in [0.29, 0.717) is 12.3 Å². The molecule has 0 saturated heterocycles. The number of carbonyl (C=O) groups excluding carboxylic acids is 1. The SMILES string of the molecule is CC(C)C[C@H](N)C(=O)Nc1ccc(-n2ccnn2)cc1. The molecule has 1 atom stereocenters. The summed E-state index contributed by atoms with van der Waals surface area (Å²) in [5.74, 6) is 0.234. The Labute approximate surface area is 118 Å². The van der Waals surface area contributed by atoms with Gasteiger partial charge >= 0.3 is 0 Å². The molecule has 0 radical (unpaired) electrons. The smallest absolute Gasteiger partial charge is 0.241 e. The lowest BCUT2D eigenvalue weighted by molar-refractivity contribution is -0.117. The minimum atomic E-state index is -0.481. The van der Waals surface area contributed by atoms with Crippen molar-refractivity contribution in [1.82, 2.24) is 15.0 Å². The van der Waals surface area contributed by atoms with Crippen LogP contribution in [-0.2, 0) is 4.79 Å². The van der Waals surface area contributed by atoms with Crippen molar-refractivity contribution in [1.29, 1.82) is 0 Å². The quantitative estimate of drug-likeness (QED) is 0.866. The second-order valence-corrected chi connectivity index (χ2v) is 5.12. The zero-order chi connectivity index (χ0) is 14.5. The Bertz CT molecular complexity index is 547. The summed E-state index contributed by atoms with van der Waals surface area (Å²) >= 11 is 0. The van der Waals surface area contributed by atoms with Gasteiger partial charge in [-0.25, -0.2) is 4.68 Å². The van der Waals surface area contributed by atoms with Gasteiger partial charge in [-0.2, -0.15) is 0 Å². The van der Waals surface area contributed by atoms with E-state index in [1.54, 1.807) is 17.1 Å². The average Bonchev–Trinajstić information content (AvgIpc) is 2.92. The number of nitrogens with zero attached hydrogens (tertiary/aromatic N) is 3. The topological polar surface area (TPSA) is 85.8 Å². The molecule has 3 N–H and O–H groups in total. The van der Waals surface area contributed by atoms with Crippen LogP contribution in [0.3, 0.4) is 0 Å². The van der Waals surface area contributed by atoms with E-state index in [9.17, 15) is 4.79 Å². The van der Waals surface area contributed by atoms with Crippen molar-refractivity contribution < 1.29 is 4.79 Å². The number of rotatable bonds is 5. The maximum Gasteiger partial charge on any atom is 0.241 e. The van der Waals surface area contributed by atoms with Gasteiger partial charge in [-0.15, -0.1) is 5.10 Å². The molecular weight excluding hydrogens is 254 g/mol. The largest absolute Gasteiger partial charge is 0.325 e. The zero-order valence-electron chi connectivity index (χ0n) is 11.7. The molecule has 20 heavy (non-hydrogen) atoms. The van der Waals surface area contributed by atoms with E-state index in [0.717, 1.165) is 11.4 Å². The standard InChI is InChI=1S/C14H19N5O/c1-10(2)9-13(15)14(20)17-11-3-5-12(6-4-11)19-8-7-16-18-19/h3-8,10,13H,9,15H2,1-2H3,(H,17,20)/t13-/m0/s1. The highest BCUT2D eigenvalue weighted by Crippen LogP contribution is 2.13. The molecule has 6 nitrogen and oxygen atoms in total. The van der Waals surface area contributed by atoms with Crippen molar-refractivity contribution in [2.24, 2.45) is 11.7 Å². The Kier molecular flexibility index (Phi) is 4.47. The molecule has 0 saturated carbocycles. The summed E-state index contributed by atoms with van der Waals surface area (Å²) in [6.07, 6.45) is 4.04. The number of carbonyl (C=O) groups is 1. The van der Waals surface area contributed by atoms with Crippen LogP contribution < -0.4 is 11.1 Å². The van der Waals surface area contributed by atoms with Gasteiger partial charge in [0.05, 0.1) is 24.1 Å². The van der Waals surface area contributed by atoms with Gasteiger partial charge < -0.3 is 11.1 Å². The fourth-order valence-electron chi connectivity index (χ4n) is 1.89. The lowest BCUT2D eigenvalue weighted by atomic mass is 10.0. The Balaban J connectivity index is 1.99.